The summed E-state index contributed by atoms with van der Waals surface area (Å²) in [5, 5.41) is 4.58. The average molecular weight is 1060 g/mol. The summed E-state index contributed by atoms with van der Waals surface area (Å²) in [6, 6.07) is 43.3. The van der Waals surface area contributed by atoms with Gasteiger partial charge in [0, 0.05) is 28.5 Å². The fourth-order valence-corrected chi connectivity index (χ4v) is 12.2. The Balaban J connectivity index is 0.000000265. The van der Waals surface area contributed by atoms with Crippen molar-refractivity contribution in [3.05, 3.63) is 155 Å². The third-order valence-electron chi connectivity index (χ3n) is 10.9. The standard InChI is InChI=1S/C37H37N2S.C18H24GeN.Ir/c1-23(2)18-26-16-17-35-31(19-26)32(22-40-35)37-38-33-14-10-11-15-34(33)39(37)36-29(24(3)4)20-28(21-30(36)25(5)6)27-12-8-7-9-13-27;1-14(2)11-16-12-18(15-9-7-6-8-10-15)20-13-17(16)19(3,4)5;/h7-17,19-21,23-25H,18H2,1-6H3;6-9,12-14H,11H2,1-5H3;/q2*-1;/i18D2;;. The van der Waals surface area contributed by atoms with Gasteiger partial charge in [-0.3, -0.25) is 16.3 Å². The summed E-state index contributed by atoms with van der Waals surface area (Å²) in [7, 11) is 0. The van der Waals surface area contributed by atoms with Crippen LogP contribution in [0.4, 0.5) is 0 Å². The Kier molecular flexibility index (Phi) is 14.2. The van der Waals surface area contributed by atoms with Gasteiger partial charge in [-0.15, -0.1) is 11.5 Å². The van der Waals surface area contributed by atoms with Crippen molar-refractivity contribution in [1.82, 2.24) is 14.5 Å². The van der Waals surface area contributed by atoms with Gasteiger partial charge in [0.05, 0.1) is 16.9 Å². The number of imidazole rings is 1. The van der Waals surface area contributed by atoms with Crippen molar-refractivity contribution in [3.63, 3.8) is 0 Å². The fourth-order valence-electron chi connectivity index (χ4n) is 8.08. The molecule has 61 heavy (non-hydrogen) atoms. The number of pyridine rings is 1. The van der Waals surface area contributed by atoms with E-state index in [4.69, 9.17) is 12.7 Å². The van der Waals surface area contributed by atoms with Crippen LogP contribution in [0.1, 0.15) is 92.2 Å². The minimum atomic E-state index is -1.86. The molecule has 0 aliphatic rings. The molecule has 0 bridgehead atoms. The van der Waals surface area contributed by atoms with Crippen LogP contribution in [0.3, 0.4) is 0 Å². The first-order valence-electron chi connectivity index (χ1n) is 22.6. The summed E-state index contributed by atoms with van der Waals surface area (Å²) in [6.45, 7) is 17.5. The molecule has 3 heterocycles. The Bertz CT molecular complexity index is 2770. The van der Waals surface area contributed by atoms with Gasteiger partial charge in [0.25, 0.3) is 0 Å². The minimum absolute atomic E-state index is 0. The van der Waals surface area contributed by atoms with Crippen molar-refractivity contribution >= 4 is 50.1 Å². The van der Waals surface area contributed by atoms with Crippen LogP contribution in [0, 0.1) is 23.3 Å². The average Bonchev–Trinajstić information content (AvgIpc) is 3.84. The first-order chi connectivity index (χ1) is 29.4. The third kappa shape index (κ3) is 10.6. The van der Waals surface area contributed by atoms with Crippen LogP contribution in [0.2, 0.25) is 17.3 Å². The molecule has 0 saturated heterocycles. The molecule has 0 saturated carbocycles. The minimum Gasteiger partial charge on any atom is -0.333 e. The molecule has 317 valence electrons. The molecule has 3 nitrogen and oxygen atoms in total. The van der Waals surface area contributed by atoms with Crippen LogP contribution in [-0.4, -0.2) is 27.8 Å². The SMILES string of the molecule is CC(C)Cc1cc(-c2[c-]cccc2)nc[c]1[Ge]([CH3])([CH3])[CH3].[2H]C([2H])(c1ccc2s[c-]c(-c3nc4ccccc4n3-c3c(C(C)C)cc(-c4ccccc4)cc3C(C)C)c2c1)C(C)C.[Ir]. The predicted molar refractivity (Wildman–Crippen MR) is 263 cm³/mol. The molecule has 8 rings (SSSR count). The molecule has 8 aromatic rings. The Morgan fingerprint density at radius 3 is 2.03 bits per heavy atom. The van der Waals surface area contributed by atoms with Gasteiger partial charge < -0.3 is 4.57 Å². The fraction of sp³-hybridized carbons (Fsp3) is 0.309. The summed E-state index contributed by atoms with van der Waals surface area (Å²) in [6.07, 6.45) is 1.84. The van der Waals surface area contributed by atoms with E-state index in [9.17, 15) is 0 Å². The second-order valence-corrected chi connectivity index (χ2v) is 29.8. The van der Waals surface area contributed by atoms with Crippen LogP contribution in [0.15, 0.2) is 121 Å². The molecule has 0 aliphatic carbocycles. The van der Waals surface area contributed by atoms with Crippen LogP contribution >= 0.6 is 11.3 Å². The van der Waals surface area contributed by atoms with Gasteiger partial charge in [-0.05, 0) is 70.6 Å². The molecule has 0 amide bonds. The van der Waals surface area contributed by atoms with E-state index in [1.807, 2.05) is 56.3 Å². The molecule has 1 radical (unpaired) electrons. The second kappa shape index (κ2) is 19.9. The Morgan fingerprint density at radius 1 is 0.738 bits per heavy atom. The maximum atomic E-state index is 8.77. The number of thiophene rings is 1. The van der Waals surface area contributed by atoms with E-state index in [2.05, 4.69) is 154 Å². The van der Waals surface area contributed by atoms with Crippen LogP contribution in [0.5, 0.6) is 0 Å². The van der Waals surface area contributed by atoms with Crippen molar-refractivity contribution in [2.45, 2.75) is 97.3 Å². The zero-order valence-electron chi connectivity index (χ0n) is 39.6. The number of aromatic nitrogens is 3. The number of hydrogen-bond acceptors (Lipinski definition) is 3. The van der Waals surface area contributed by atoms with Gasteiger partial charge in [-0.2, -0.15) is 0 Å². The molecule has 0 unspecified atom stereocenters. The molecule has 0 fully saturated rings. The normalized spacial score (nSPS) is 12.5. The van der Waals surface area contributed by atoms with Gasteiger partial charge in [0.2, 0.25) is 0 Å². The Morgan fingerprint density at radius 2 is 1.41 bits per heavy atom. The van der Waals surface area contributed by atoms with Crippen molar-refractivity contribution in [2.24, 2.45) is 11.8 Å². The summed E-state index contributed by atoms with van der Waals surface area (Å²) in [5.41, 5.74) is 13.4. The number of benzene rings is 5. The summed E-state index contributed by atoms with van der Waals surface area (Å²) < 4.78 is 22.5. The van der Waals surface area contributed by atoms with E-state index in [1.165, 1.54) is 33.5 Å². The zero-order chi connectivity index (χ0) is 44.5. The number of nitrogens with zero attached hydrogens (tertiary/aromatic N) is 3. The van der Waals surface area contributed by atoms with E-state index >= 15 is 0 Å². The molecule has 0 atom stereocenters. The van der Waals surface area contributed by atoms with Crippen LogP contribution in [0.25, 0.3) is 60.6 Å². The molecule has 6 heteroatoms. The van der Waals surface area contributed by atoms with E-state index in [0.29, 0.717) is 11.5 Å². The molecular formula is C55H61GeIrN3S-2. The van der Waals surface area contributed by atoms with E-state index in [0.717, 1.165) is 50.2 Å². The van der Waals surface area contributed by atoms with Gasteiger partial charge in [-0.1, -0.05) is 117 Å². The van der Waals surface area contributed by atoms with Gasteiger partial charge in [-0.25, -0.2) is 0 Å². The van der Waals surface area contributed by atoms with E-state index < -0.39 is 19.6 Å². The quantitative estimate of drug-likeness (QED) is 0.0955. The smallest absolute Gasteiger partial charge is 0.0774 e. The predicted octanol–water partition coefficient (Wildman–Crippen LogP) is 15.1. The van der Waals surface area contributed by atoms with Crippen LogP contribution in [-0.2, 0) is 32.9 Å². The number of fused-ring (bicyclic) bond motifs is 2. The maximum Gasteiger partial charge on any atom is 0.0774 e. The summed E-state index contributed by atoms with van der Waals surface area (Å²) in [5.74, 6) is 9.26. The molecule has 5 aromatic carbocycles. The monoisotopic (exact) mass is 1060 g/mol. The maximum absolute atomic E-state index is 8.77. The topological polar surface area (TPSA) is 30.7 Å². The second-order valence-electron chi connectivity index (χ2n) is 18.4. The van der Waals surface area contributed by atoms with Crippen molar-refractivity contribution in [1.29, 1.82) is 0 Å². The summed E-state index contributed by atoms with van der Waals surface area (Å²) >= 11 is -0.288. The first-order valence-corrected chi connectivity index (χ1v) is 29.7. The van der Waals surface area contributed by atoms with Crippen molar-refractivity contribution < 1.29 is 22.8 Å². The number of rotatable bonds is 11. The molecule has 0 N–H and O–H groups in total. The molecule has 0 aliphatic heterocycles. The Labute approximate surface area is 388 Å². The van der Waals surface area contributed by atoms with Crippen molar-refractivity contribution in [2.75, 3.05) is 0 Å². The van der Waals surface area contributed by atoms with Crippen LogP contribution < -0.4 is 4.40 Å². The van der Waals surface area contributed by atoms with Gasteiger partial charge >= 0.3 is 126 Å². The molecule has 3 aromatic heterocycles. The zero-order valence-corrected chi connectivity index (χ0v) is 43.0. The molecule has 0 spiro atoms. The summed E-state index contributed by atoms with van der Waals surface area (Å²) in [4.78, 5) is 9.93. The Hall–Kier alpha value is -4.13. The van der Waals surface area contributed by atoms with E-state index in [1.54, 1.807) is 15.7 Å². The van der Waals surface area contributed by atoms with Gasteiger partial charge in [0.1, 0.15) is 0 Å². The van der Waals surface area contributed by atoms with Crippen molar-refractivity contribution in [3.8, 4) is 39.5 Å². The van der Waals surface area contributed by atoms with Gasteiger partial charge in [0.15, 0.2) is 0 Å². The number of hydrogen-bond donors (Lipinski definition) is 0. The number of para-hydroxylation sites is 2. The third-order valence-corrected chi connectivity index (χ3v) is 16.1. The molecular weight excluding hydrogens is 1000 g/mol. The largest absolute Gasteiger partial charge is 0.333 e. The first kappa shape index (κ1) is 43.5. The van der Waals surface area contributed by atoms with E-state index in [-0.39, 0.29) is 37.9 Å².